The maximum Gasteiger partial charge on any atom is 0.148 e. The molecule has 0 aliphatic rings. The fraction of sp³-hybridized carbons (Fsp3) is 0.158. The minimum Gasteiger partial charge on any atom is -0.490 e. The van der Waals surface area contributed by atoms with E-state index in [0.717, 1.165) is 44.9 Å². The molecule has 0 aromatic heterocycles. The van der Waals surface area contributed by atoms with Gasteiger partial charge in [0.05, 0.1) is 0 Å². The van der Waals surface area contributed by atoms with Crippen molar-refractivity contribution in [2.24, 2.45) is 0 Å². The molecule has 0 atom stereocenters. The Kier molecular flexibility index (Phi) is 10.5. The summed E-state index contributed by atoms with van der Waals surface area (Å²) in [6.07, 6.45) is 14.4. The molecule has 4 aromatic rings. The van der Waals surface area contributed by atoms with Crippen molar-refractivity contribution in [2.75, 3.05) is 26.4 Å². The Bertz CT molecular complexity index is 1460. The van der Waals surface area contributed by atoms with E-state index >= 15 is 0 Å². The van der Waals surface area contributed by atoms with Crippen molar-refractivity contribution in [2.45, 2.75) is 12.8 Å². The Balaban J connectivity index is 1.79. The van der Waals surface area contributed by atoms with Gasteiger partial charge < -0.3 is 18.9 Å². The Morgan fingerprint density at radius 3 is 1.33 bits per heavy atom. The van der Waals surface area contributed by atoms with Crippen molar-refractivity contribution in [3.05, 3.63) is 121 Å². The average molecular weight is 555 g/mol. The Morgan fingerprint density at radius 2 is 0.976 bits per heavy atom. The van der Waals surface area contributed by atoms with E-state index in [2.05, 4.69) is 68.3 Å². The lowest BCUT2D eigenvalue weighted by molar-refractivity contribution is 0.363. The van der Waals surface area contributed by atoms with Crippen molar-refractivity contribution in [3.63, 3.8) is 0 Å². The first kappa shape index (κ1) is 29.7. The number of benzene rings is 4. The molecule has 0 aliphatic heterocycles. The van der Waals surface area contributed by atoms with Crippen LogP contribution >= 0.6 is 0 Å². The number of terminal acetylenes is 2. The third-order valence-corrected chi connectivity index (χ3v) is 6.69. The first-order valence-electron chi connectivity index (χ1n) is 13.7. The van der Waals surface area contributed by atoms with E-state index in [1.165, 1.54) is 0 Å². The smallest absolute Gasteiger partial charge is 0.148 e. The van der Waals surface area contributed by atoms with Crippen LogP contribution in [0, 0.1) is 24.7 Å². The molecule has 4 heteroatoms. The van der Waals surface area contributed by atoms with Gasteiger partial charge in [0, 0.05) is 5.92 Å². The van der Waals surface area contributed by atoms with Gasteiger partial charge in [-0.05, 0) is 81.9 Å². The highest BCUT2D eigenvalue weighted by atomic mass is 16.5. The van der Waals surface area contributed by atoms with E-state index in [4.69, 9.17) is 31.8 Å². The highest BCUT2D eigenvalue weighted by Gasteiger charge is 2.20. The zero-order valence-electron chi connectivity index (χ0n) is 23.8. The fourth-order valence-corrected chi connectivity index (χ4v) is 4.69. The summed E-state index contributed by atoms with van der Waals surface area (Å²) in [6, 6.07) is 28.3. The summed E-state index contributed by atoms with van der Waals surface area (Å²) in [7, 11) is 0. The molecule has 0 spiro atoms. The van der Waals surface area contributed by atoms with Gasteiger partial charge in [0.2, 0.25) is 0 Å². The maximum absolute atomic E-state index is 5.80. The summed E-state index contributed by atoms with van der Waals surface area (Å²) in [4.78, 5) is 0. The topological polar surface area (TPSA) is 36.9 Å². The molecule has 0 N–H and O–H groups in total. The molecule has 0 radical (unpaired) electrons. The van der Waals surface area contributed by atoms with Crippen molar-refractivity contribution < 1.29 is 18.9 Å². The van der Waals surface area contributed by atoms with Gasteiger partial charge in [-0.25, -0.2) is 0 Å². The van der Waals surface area contributed by atoms with Crippen molar-refractivity contribution >= 4 is 0 Å². The Hall–Kier alpha value is -5.32. The summed E-state index contributed by atoms with van der Waals surface area (Å²) in [5.74, 6) is 8.06. The average Bonchev–Trinajstić information content (AvgIpc) is 3.04. The lowest BCUT2D eigenvalue weighted by Gasteiger charge is -2.22. The van der Waals surface area contributed by atoms with E-state index in [1.54, 1.807) is 12.2 Å². The molecule has 0 fully saturated rings. The van der Waals surface area contributed by atoms with Crippen LogP contribution in [0.1, 0.15) is 24.0 Å². The van der Waals surface area contributed by atoms with Gasteiger partial charge in [0.1, 0.15) is 49.4 Å². The van der Waals surface area contributed by atoms with E-state index < -0.39 is 0 Å². The standard InChI is InChI=1S/C38H34O4/c1-6-22-39-31-14-10-29(11-15-31)37-26-33(41-24-8-3)18-20-35(37)28(5)36-21-19-34(42-25-9-4)27-38(36)30-12-16-32(17-13-30)40-23-7-2/h3-4,6-7,10-21,26-28H,1-2,22-25H2,5H3. The number of rotatable bonds is 14. The third-order valence-electron chi connectivity index (χ3n) is 6.69. The summed E-state index contributed by atoms with van der Waals surface area (Å²) in [5.41, 5.74) is 6.42. The van der Waals surface area contributed by atoms with E-state index in [1.807, 2.05) is 48.5 Å². The molecule has 4 nitrogen and oxygen atoms in total. The zero-order chi connectivity index (χ0) is 29.7. The second kappa shape index (κ2) is 14.9. The molecular formula is C38H34O4. The van der Waals surface area contributed by atoms with E-state index in [9.17, 15) is 0 Å². The molecule has 4 aromatic carbocycles. The monoisotopic (exact) mass is 554 g/mol. The molecule has 0 unspecified atom stereocenters. The van der Waals surface area contributed by atoms with Crippen LogP contribution in [0.4, 0.5) is 0 Å². The summed E-state index contributed by atoms with van der Waals surface area (Å²) in [6.45, 7) is 10.9. The maximum atomic E-state index is 5.80. The highest BCUT2D eigenvalue weighted by molar-refractivity contribution is 5.75. The minimum absolute atomic E-state index is 0.00625. The van der Waals surface area contributed by atoms with Crippen LogP contribution in [0.5, 0.6) is 23.0 Å². The van der Waals surface area contributed by atoms with Crippen molar-refractivity contribution in [3.8, 4) is 69.9 Å². The molecule has 0 heterocycles. The molecule has 0 amide bonds. The first-order chi connectivity index (χ1) is 20.6. The van der Waals surface area contributed by atoms with Crippen LogP contribution < -0.4 is 18.9 Å². The van der Waals surface area contributed by atoms with Gasteiger partial charge in [-0.2, -0.15) is 0 Å². The van der Waals surface area contributed by atoms with Gasteiger partial charge in [-0.1, -0.05) is 80.5 Å². The third kappa shape index (κ3) is 7.45. The molecule has 0 bridgehead atoms. The van der Waals surface area contributed by atoms with Gasteiger partial charge in [0.25, 0.3) is 0 Å². The van der Waals surface area contributed by atoms with Crippen LogP contribution in [0.2, 0.25) is 0 Å². The first-order valence-corrected chi connectivity index (χ1v) is 13.7. The molecule has 0 saturated carbocycles. The van der Waals surface area contributed by atoms with Crippen molar-refractivity contribution in [1.29, 1.82) is 0 Å². The molecule has 42 heavy (non-hydrogen) atoms. The predicted molar refractivity (Wildman–Crippen MR) is 171 cm³/mol. The second-order valence-corrected chi connectivity index (χ2v) is 9.45. The van der Waals surface area contributed by atoms with Crippen LogP contribution in [0.25, 0.3) is 22.3 Å². The van der Waals surface area contributed by atoms with E-state index in [0.29, 0.717) is 24.7 Å². The van der Waals surface area contributed by atoms with Crippen LogP contribution in [0.3, 0.4) is 0 Å². The van der Waals surface area contributed by atoms with Gasteiger partial charge >= 0.3 is 0 Å². The molecule has 4 rings (SSSR count). The Labute approximate surface area is 249 Å². The van der Waals surface area contributed by atoms with Crippen LogP contribution in [-0.4, -0.2) is 26.4 Å². The molecular weight excluding hydrogens is 520 g/mol. The SMILES string of the molecule is C#CCOc1ccc(C(C)c2ccc(OCC#C)cc2-c2ccc(OCC=C)cc2)c(-c2ccc(OCC=C)cc2)c1. The normalized spacial score (nSPS) is 10.3. The van der Waals surface area contributed by atoms with Crippen LogP contribution in [0.15, 0.2) is 110 Å². The largest absolute Gasteiger partial charge is 0.490 e. The Morgan fingerprint density at radius 1 is 0.595 bits per heavy atom. The second-order valence-electron chi connectivity index (χ2n) is 9.45. The minimum atomic E-state index is 0.00625. The number of hydrogen-bond acceptors (Lipinski definition) is 4. The lowest BCUT2D eigenvalue weighted by atomic mass is 9.83. The van der Waals surface area contributed by atoms with Gasteiger partial charge in [-0.15, -0.1) is 12.8 Å². The summed E-state index contributed by atoms with van der Waals surface area (Å²) < 4.78 is 23.0. The quantitative estimate of drug-likeness (QED) is 0.116. The molecule has 0 aliphatic carbocycles. The highest BCUT2D eigenvalue weighted by Crippen LogP contribution is 2.41. The van der Waals surface area contributed by atoms with Gasteiger partial charge in [0.15, 0.2) is 0 Å². The van der Waals surface area contributed by atoms with Crippen LogP contribution in [-0.2, 0) is 0 Å². The van der Waals surface area contributed by atoms with Crippen molar-refractivity contribution in [1.82, 2.24) is 0 Å². The lowest BCUT2D eigenvalue weighted by Crippen LogP contribution is -2.04. The molecule has 210 valence electrons. The number of ether oxygens (including phenoxy) is 4. The van der Waals surface area contributed by atoms with Gasteiger partial charge in [-0.3, -0.25) is 0 Å². The number of hydrogen-bond donors (Lipinski definition) is 0. The summed E-state index contributed by atoms with van der Waals surface area (Å²) in [5, 5.41) is 0. The predicted octanol–water partition coefficient (Wildman–Crippen LogP) is 8.33. The summed E-state index contributed by atoms with van der Waals surface area (Å²) >= 11 is 0. The zero-order valence-corrected chi connectivity index (χ0v) is 23.8. The van der Waals surface area contributed by atoms with E-state index in [-0.39, 0.29) is 19.1 Å². The molecule has 0 saturated heterocycles. The fourth-order valence-electron chi connectivity index (χ4n) is 4.69.